The van der Waals surface area contributed by atoms with Crippen LogP contribution in [0, 0.1) is 6.92 Å². The van der Waals surface area contributed by atoms with Gasteiger partial charge >= 0.3 is 0 Å². The molecule has 0 atom stereocenters. The van der Waals surface area contributed by atoms with Crippen LogP contribution in [0.1, 0.15) is 23.6 Å². The summed E-state index contributed by atoms with van der Waals surface area (Å²) in [6.07, 6.45) is 0. The Bertz CT molecular complexity index is 916. The number of nitrogens with one attached hydrogen (secondary N) is 1. The first kappa shape index (κ1) is 21.1. The lowest BCUT2D eigenvalue weighted by molar-refractivity contribution is 0.269. The summed E-state index contributed by atoms with van der Waals surface area (Å²) in [6, 6.07) is 14.4. The predicted octanol–water partition coefficient (Wildman–Crippen LogP) is 3.38. The molecule has 0 amide bonds. The standard InChI is InChI=1S/C21H27N5O2S/c1-4-27-20-13-17(14-22-10-11-29-21-23-24-25-26(21)3)8-9-19(20)28-15-18-7-5-6-16(2)12-18/h5-9,12-13,22H,4,10-11,14-15H2,1-3H3. The van der Waals surface area contributed by atoms with Crippen molar-refractivity contribution in [1.29, 1.82) is 0 Å². The van der Waals surface area contributed by atoms with E-state index in [1.165, 1.54) is 5.56 Å². The lowest BCUT2D eigenvalue weighted by atomic mass is 10.1. The Morgan fingerprint density at radius 1 is 1.07 bits per heavy atom. The Balaban J connectivity index is 1.50. The SMILES string of the molecule is CCOc1cc(CNCCSc2nnnn2C)ccc1OCc1cccc(C)c1. The summed E-state index contributed by atoms with van der Waals surface area (Å²) in [7, 11) is 1.84. The minimum atomic E-state index is 0.521. The van der Waals surface area contributed by atoms with Crippen molar-refractivity contribution in [2.75, 3.05) is 18.9 Å². The summed E-state index contributed by atoms with van der Waals surface area (Å²) >= 11 is 1.63. The lowest BCUT2D eigenvalue weighted by Crippen LogP contribution is -2.17. The van der Waals surface area contributed by atoms with Gasteiger partial charge in [-0.15, -0.1) is 5.10 Å². The lowest BCUT2D eigenvalue weighted by Gasteiger charge is -2.14. The fraction of sp³-hybridized carbons (Fsp3) is 0.381. The van der Waals surface area contributed by atoms with Gasteiger partial charge in [0.25, 0.3) is 0 Å². The van der Waals surface area contributed by atoms with E-state index in [-0.39, 0.29) is 0 Å². The molecular weight excluding hydrogens is 386 g/mol. The highest BCUT2D eigenvalue weighted by molar-refractivity contribution is 7.99. The van der Waals surface area contributed by atoms with Gasteiger partial charge in [0.1, 0.15) is 6.61 Å². The van der Waals surface area contributed by atoms with E-state index in [1.807, 2.05) is 32.2 Å². The molecule has 0 saturated heterocycles. The Kier molecular flexibility index (Phi) is 7.89. The van der Waals surface area contributed by atoms with Gasteiger partial charge in [-0.05, 0) is 47.5 Å². The third kappa shape index (κ3) is 6.47. The number of ether oxygens (including phenoxy) is 2. The van der Waals surface area contributed by atoms with Crippen LogP contribution in [0.5, 0.6) is 11.5 Å². The summed E-state index contributed by atoms with van der Waals surface area (Å²) in [4.78, 5) is 0. The van der Waals surface area contributed by atoms with Crippen LogP contribution in [0.3, 0.4) is 0 Å². The van der Waals surface area contributed by atoms with E-state index in [9.17, 15) is 0 Å². The van der Waals surface area contributed by atoms with Crippen molar-refractivity contribution in [1.82, 2.24) is 25.5 Å². The molecule has 0 saturated carbocycles. The van der Waals surface area contributed by atoms with Gasteiger partial charge in [-0.25, -0.2) is 4.68 Å². The maximum Gasteiger partial charge on any atom is 0.209 e. The second-order valence-electron chi connectivity index (χ2n) is 6.60. The van der Waals surface area contributed by atoms with Crippen molar-refractivity contribution in [3.63, 3.8) is 0 Å². The Morgan fingerprint density at radius 2 is 1.97 bits per heavy atom. The fourth-order valence-electron chi connectivity index (χ4n) is 2.80. The van der Waals surface area contributed by atoms with E-state index in [0.29, 0.717) is 13.2 Å². The van der Waals surface area contributed by atoms with Crippen molar-refractivity contribution in [3.05, 3.63) is 59.2 Å². The van der Waals surface area contributed by atoms with E-state index < -0.39 is 0 Å². The number of aryl methyl sites for hydroxylation is 2. The maximum atomic E-state index is 6.01. The van der Waals surface area contributed by atoms with Crippen molar-refractivity contribution in [2.24, 2.45) is 7.05 Å². The number of nitrogens with zero attached hydrogens (tertiary/aromatic N) is 4. The van der Waals surface area contributed by atoms with Crippen LogP contribution < -0.4 is 14.8 Å². The fourth-order valence-corrected chi connectivity index (χ4v) is 3.55. The highest BCUT2D eigenvalue weighted by Gasteiger charge is 2.08. The first-order chi connectivity index (χ1) is 14.2. The van der Waals surface area contributed by atoms with E-state index in [2.05, 4.69) is 52.0 Å². The van der Waals surface area contributed by atoms with Crippen LogP contribution in [0.15, 0.2) is 47.6 Å². The van der Waals surface area contributed by atoms with Gasteiger partial charge in [0.15, 0.2) is 11.5 Å². The van der Waals surface area contributed by atoms with Crippen LogP contribution in [0.25, 0.3) is 0 Å². The molecule has 8 heteroatoms. The third-order valence-corrected chi connectivity index (χ3v) is 5.22. The summed E-state index contributed by atoms with van der Waals surface area (Å²) in [5.41, 5.74) is 3.53. The first-order valence-corrected chi connectivity index (χ1v) is 10.6. The quantitative estimate of drug-likeness (QED) is 0.381. The van der Waals surface area contributed by atoms with E-state index in [4.69, 9.17) is 9.47 Å². The van der Waals surface area contributed by atoms with Gasteiger partial charge < -0.3 is 14.8 Å². The number of tetrazole rings is 1. The molecule has 1 N–H and O–H groups in total. The summed E-state index contributed by atoms with van der Waals surface area (Å²) in [5.74, 6) is 2.44. The molecule has 29 heavy (non-hydrogen) atoms. The third-order valence-electron chi connectivity index (χ3n) is 4.21. The molecule has 2 aromatic carbocycles. The summed E-state index contributed by atoms with van der Waals surface area (Å²) in [5, 5.41) is 15.7. The molecule has 7 nitrogen and oxygen atoms in total. The monoisotopic (exact) mass is 413 g/mol. The predicted molar refractivity (Wildman–Crippen MR) is 114 cm³/mol. The molecule has 0 aliphatic heterocycles. The van der Waals surface area contributed by atoms with Crippen LogP contribution in [0.4, 0.5) is 0 Å². The molecule has 154 valence electrons. The minimum Gasteiger partial charge on any atom is -0.490 e. The van der Waals surface area contributed by atoms with Gasteiger partial charge in [0.05, 0.1) is 6.61 Å². The van der Waals surface area contributed by atoms with Crippen molar-refractivity contribution < 1.29 is 9.47 Å². The van der Waals surface area contributed by atoms with Gasteiger partial charge in [-0.2, -0.15) is 0 Å². The van der Waals surface area contributed by atoms with Crippen molar-refractivity contribution >= 4 is 11.8 Å². The molecule has 3 aromatic rings. The van der Waals surface area contributed by atoms with E-state index in [0.717, 1.165) is 46.6 Å². The Labute approximate surface area is 175 Å². The molecule has 0 aliphatic rings. The number of aromatic nitrogens is 4. The molecule has 0 bridgehead atoms. The van der Waals surface area contributed by atoms with Crippen molar-refractivity contribution in [2.45, 2.75) is 32.2 Å². The molecule has 1 heterocycles. The average Bonchev–Trinajstić information content (AvgIpc) is 3.12. The zero-order valence-electron chi connectivity index (χ0n) is 17.1. The van der Waals surface area contributed by atoms with Crippen LogP contribution >= 0.6 is 11.8 Å². The van der Waals surface area contributed by atoms with E-state index >= 15 is 0 Å². The van der Waals surface area contributed by atoms with E-state index in [1.54, 1.807) is 16.4 Å². The highest BCUT2D eigenvalue weighted by Crippen LogP contribution is 2.29. The van der Waals surface area contributed by atoms with Gasteiger partial charge in [-0.1, -0.05) is 47.7 Å². The molecule has 1 aromatic heterocycles. The van der Waals surface area contributed by atoms with Crippen molar-refractivity contribution in [3.8, 4) is 11.5 Å². The number of rotatable bonds is 11. The van der Waals surface area contributed by atoms with Crippen LogP contribution in [0.2, 0.25) is 0 Å². The molecule has 0 radical (unpaired) electrons. The number of hydrogen-bond acceptors (Lipinski definition) is 7. The number of hydrogen-bond donors (Lipinski definition) is 1. The zero-order chi connectivity index (χ0) is 20.5. The molecule has 3 rings (SSSR count). The highest BCUT2D eigenvalue weighted by atomic mass is 32.2. The minimum absolute atomic E-state index is 0.521. The maximum absolute atomic E-state index is 6.01. The zero-order valence-corrected chi connectivity index (χ0v) is 17.9. The molecule has 0 aliphatic carbocycles. The van der Waals surface area contributed by atoms with Crippen LogP contribution in [-0.2, 0) is 20.2 Å². The number of thioether (sulfide) groups is 1. The summed E-state index contributed by atoms with van der Waals surface area (Å²) < 4.78 is 13.5. The summed E-state index contributed by atoms with van der Waals surface area (Å²) in [6.45, 7) is 6.80. The smallest absolute Gasteiger partial charge is 0.209 e. The van der Waals surface area contributed by atoms with Gasteiger partial charge in [0, 0.05) is 25.9 Å². The second kappa shape index (κ2) is 10.8. The molecule has 0 spiro atoms. The average molecular weight is 414 g/mol. The first-order valence-electron chi connectivity index (χ1n) is 9.65. The topological polar surface area (TPSA) is 74.1 Å². The number of benzene rings is 2. The van der Waals surface area contributed by atoms with Gasteiger partial charge in [0.2, 0.25) is 5.16 Å². The Hall–Kier alpha value is -2.58. The normalized spacial score (nSPS) is 10.9. The van der Waals surface area contributed by atoms with Crippen LogP contribution in [-0.4, -0.2) is 39.1 Å². The Morgan fingerprint density at radius 3 is 2.72 bits per heavy atom. The largest absolute Gasteiger partial charge is 0.490 e. The second-order valence-corrected chi connectivity index (χ2v) is 7.66. The van der Waals surface area contributed by atoms with Gasteiger partial charge in [-0.3, -0.25) is 0 Å². The molecule has 0 unspecified atom stereocenters. The molecule has 0 fully saturated rings. The molecular formula is C21H27N5O2S.